The Bertz CT molecular complexity index is 1820. The van der Waals surface area contributed by atoms with Crippen LogP contribution in [0.3, 0.4) is 0 Å². The van der Waals surface area contributed by atoms with E-state index in [1.165, 1.54) is 50.4 Å². The number of nitrogens with zero attached hydrogens (tertiary/aromatic N) is 2. The molecule has 7 rings (SSSR count). The van der Waals surface area contributed by atoms with Crippen molar-refractivity contribution in [3.05, 3.63) is 163 Å². The Morgan fingerprint density at radius 2 is 0.905 bits per heavy atom. The lowest BCUT2D eigenvalue weighted by molar-refractivity contribution is 0.660. The fraction of sp³-hybridized carbons (Fsp3) is 0.100. The lowest BCUT2D eigenvalue weighted by Gasteiger charge is -2.28. The van der Waals surface area contributed by atoms with Gasteiger partial charge in [-0.3, -0.25) is 0 Å². The molecule has 0 aromatic heterocycles. The molecule has 0 heterocycles. The summed E-state index contributed by atoms with van der Waals surface area (Å²) in [5.74, 6) is 0. The molecule has 6 aromatic carbocycles. The first-order chi connectivity index (χ1) is 20.5. The van der Waals surface area contributed by atoms with Crippen molar-refractivity contribution < 1.29 is 0 Å². The minimum atomic E-state index is -0.143. The van der Waals surface area contributed by atoms with E-state index < -0.39 is 0 Å². The van der Waals surface area contributed by atoms with Gasteiger partial charge in [0.25, 0.3) is 0 Å². The average molecular weight is 543 g/mol. The molecule has 0 bridgehead atoms. The maximum atomic E-state index is 2.39. The first-order valence-corrected chi connectivity index (χ1v) is 14.6. The minimum Gasteiger partial charge on any atom is -0.344 e. The molecule has 0 fully saturated rings. The molecule has 0 amide bonds. The van der Waals surface area contributed by atoms with E-state index in [9.17, 15) is 0 Å². The van der Waals surface area contributed by atoms with Crippen molar-refractivity contribution in [2.45, 2.75) is 19.3 Å². The molecular formula is C40H34N2. The second-order valence-corrected chi connectivity index (χ2v) is 11.5. The summed E-state index contributed by atoms with van der Waals surface area (Å²) in [5, 5.41) is 0. The number of para-hydroxylation sites is 3. The average Bonchev–Trinajstić information content (AvgIpc) is 3.27. The van der Waals surface area contributed by atoms with Crippen molar-refractivity contribution >= 4 is 28.4 Å². The second-order valence-electron chi connectivity index (χ2n) is 11.5. The molecule has 2 heteroatoms. The quantitative estimate of drug-likeness (QED) is 0.206. The highest BCUT2D eigenvalue weighted by Gasteiger charge is 2.36. The molecule has 0 unspecified atom stereocenters. The molecule has 42 heavy (non-hydrogen) atoms. The summed E-state index contributed by atoms with van der Waals surface area (Å²) < 4.78 is 0. The summed E-state index contributed by atoms with van der Waals surface area (Å²) in [6.45, 7) is 4.72. The van der Waals surface area contributed by atoms with E-state index in [1.807, 2.05) is 0 Å². The lowest BCUT2D eigenvalue weighted by Crippen LogP contribution is -2.17. The van der Waals surface area contributed by atoms with Crippen molar-refractivity contribution in [3.63, 3.8) is 0 Å². The number of fused-ring (bicyclic) bond motifs is 3. The van der Waals surface area contributed by atoms with Crippen molar-refractivity contribution in [2.75, 3.05) is 16.8 Å². The Labute approximate surface area is 249 Å². The Kier molecular flexibility index (Phi) is 6.40. The fourth-order valence-electron chi connectivity index (χ4n) is 6.43. The van der Waals surface area contributed by atoms with Crippen LogP contribution in [0.2, 0.25) is 0 Å². The molecule has 204 valence electrons. The van der Waals surface area contributed by atoms with E-state index in [4.69, 9.17) is 0 Å². The molecule has 0 aliphatic heterocycles. The largest absolute Gasteiger partial charge is 0.344 e. The van der Waals surface area contributed by atoms with Gasteiger partial charge in [0.15, 0.2) is 0 Å². The lowest BCUT2D eigenvalue weighted by atomic mass is 9.82. The molecule has 1 aliphatic rings. The van der Waals surface area contributed by atoms with Crippen LogP contribution < -0.4 is 9.80 Å². The zero-order chi connectivity index (χ0) is 28.7. The van der Waals surface area contributed by atoms with Crippen molar-refractivity contribution in [1.29, 1.82) is 0 Å². The maximum Gasteiger partial charge on any atom is 0.0487 e. The van der Waals surface area contributed by atoms with Crippen LogP contribution in [0.5, 0.6) is 0 Å². The zero-order valence-corrected chi connectivity index (χ0v) is 24.3. The monoisotopic (exact) mass is 542 g/mol. The van der Waals surface area contributed by atoms with Gasteiger partial charge in [-0.15, -0.1) is 0 Å². The predicted molar refractivity (Wildman–Crippen MR) is 179 cm³/mol. The van der Waals surface area contributed by atoms with Gasteiger partial charge in [0.1, 0.15) is 0 Å². The molecule has 0 saturated carbocycles. The van der Waals surface area contributed by atoms with Crippen LogP contribution in [0.15, 0.2) is 152 Å². The number of anilines is 5. The zero-order valence-electron chi connectivity index (χ0n) is 24.3. The van der Waals surface area contributed by atoms with Gasteiger partial charge in [-0.25, -0.2) is 0 Å². The smallest absolute Gasteiger partial charge is 0.0487 e. The van der Waals surface area contributed by atoms with Gasteiger partial charge in [-0.1, -0.05) is 111 Å². The van der Waals surface area contributed by atoms with E-state index in [2.05, 4.69) is 182 Å². The van der Waals surface area contributed by atoms with E-state index in [-0.39, 0.29) is 5.41 Å². The van der Waals surface area contributed by atoms with Crippen molar-refractivity contribution in [2.24, 2.45) is 0 Å². The summed E-state index contributed by atoms with van der Waals surface area (Å²) in [6, 6.07) is 54.5. The highest BCUT2D eigenvalue weighted by molar-refractivity contribution is 5.88. The van der Waals surface area contributed by atoms with E-state index in [0.29, 0.717) is 0 Å². The fourth-order valence-corrected chi connectivity index (χ4v) is 6.43. The van der Waals surface area contributed by atoms with Crippen molar-refractivity contribution in [3.8, 4) is 22.3 Å². The summed E-state index contributed by atoms with van der Waals surface area (Å²) >= 11 is 0. The highest BCUT2D eigenvalue weighted by Crippen LogP contribution is 2.52. The summed E-state index contributed by atoms with van der Waals surface area (Å²) in [6.07, 6.45) is 0. The molecule has 1 aliphatic carbocycles. The SMILES string of the molecule is CN(c1ccc2c(c1)C(C)(C)c1cc(N(c3ccccc3)c3ccccc3)ccc1-2)c1ccccc1-c1ccccc1. The second kappa shape index (κ2) is 10.4. The molecule has 0 radical (unpaired) electrons. The Morgan fingerprint density at radius 1 is 0.429 bits per heavy atom. The van der Waals surface area contributed by atoms with Crippen LogP contribution in [0.25, 0.3) is 22.3 Å². The first-order valence-electron chi connectivity index (χ1n) is 14.6. The van der Waals surface area contributed by atoms with Gasteiger partial charge in [-0.05, 0) is 82.4 Å². The maximum absolute atomic E-state index is 2.39. The van der Waals surface area contributed by atoms with E-state index in [0.717, 1.165) is 11.4 Å². The normalized spacial score (nSPS) is 12.8. The molecule has 2 nitrogen and oxygen atoms in total. The molecule has 0 saturated heterocycles. The van der Waals surface area contributed by atoms with Crippen LogP contribution in [-0.2, 0) is 5.41 Å². The first kappa shape index (κ1) is 25.9. The summed E-state index contributed by atoms with van der Waals surface area (Å²) in [5.41, 5.74) is 13.5. The topological polar surface area (TPSA) is 6.48 Å². The molecule has 6 aromatic rings. The van der Waals surface area contributed by atoms with Crippen LogP contribution in [0.4, 0.5) is 28.4 Å². The minimum absolute atomic E-state index is 0.143. The van der Waals surface area contributed by atoms with Crippen LogP contribution in [-0.4, -0.2) is 7.05 Å². The van der Waals surface area contributed by atoms with E-state index >= 15 is 0 Å². The van der Waals surface area contributed by atoms with Crippen LogP contribution in [0.1, 0.15) is 25.0 Å². The predicted octanol–water partition coefficient (Wildman–Crippen LogP) is 10.9. The van der Waals surface area contributed by atoms with Crippen LogP contribution in [0, 0.1) is 0 Å². The van der Waals surface area contributed by atoms with Crippen LogP contribution >= 0.6 is 0 Å². The van der Waals surface area contributed by atoms with Gasteiger partial charge >= 0.3 is 0 Å². The molecular weight excluding hydrogens is 508 g/mol. The van der Waals surface area contributed by atoms with Crippen molar-refractivity contribution in [1.82, 2.24) is 0 Å². The Morgan fingerprint density at radius 3 is 1.50 bits per heavy atom. The van der Waals surface area contributed by atoms with Gasteiger partial charge in [-0.2, -0.15) is 0 Å². The Hall–Kier alpha value is -5.08. The number of rotatable bonds is 6. The third-order valence-electron chi connectivity index (χ3n) is 8.67. The van der Waals surface area contributed by atoms with Gasteiger partial charge in [0, 0.05) is 46.5 Å². The molecule has 0 N–H and O–H groups in total. The summed E-state index contributed by atoms with van der Waals surface area (Å²) in [7, 11) is 2.17. The van der Waals surface area contributed by atoms with Gasteiger partial charge in [0.2, 0.25) is 0 Å². The molecule has 0 atom stereocenters. The number of benzene rings is 6. The Balaban J connectivity index is 1.29. The number of hydrogen-bond acceptors (Lipinski definition) is 2. The molecule has 0 spiro atoms. The third kappa shape index (κ3) is 4.37. The standard InChI is InChI=1S/C40H34N2/c1-40(2)37-27-32(41(3)39-22-14-13-21-34(39)29-15-7-4-8-16-29)23-25-35(37)36-26-24-33(28-38(36)40)42(30-17-9-5-10-18-30)31-19-11-6-12-20-31/h4-28H,1-3H3. The van der Waals surface area contributed by atoms with E-state index in [1.54, 1.807) is 0 Å². The third-order valence-corrected chi connectivity index (χ3v) is 8.67. The highest BCUT2D eigenvalue weighted by atomic mass is 15.1. The number of hydrogen-bond donors (Lipinski definition) is 0. The van der Waals surface area contributed by atoms with Gasteiger partial charge in [0.05, 0.1) is 0 Å². The van der Waals surface area contributed by atoms with Gasteiger partial charge < -0.3 is 9.80 Å². The summed E-state index contributed by atoms with van der Waals surface area (Å²) in [4.78, 5) is 4.67.